The molecule has 9 heteroatoms. The van der Waals surface area contributed by atoms with Crippen molar-refractivity contribution in [1.82, 2.24) is 19.5 Å². The monoisotopic (exact) mass is 343 g/mol. The van der Waals surface area contributed by atoms with Crippen molar-refractivity contribution < 1.29 is 9.63 Å². The zero-order chi connectivity index (χ0) is 16.7. The molecule has 120 valence electrons. The number of aromatic nitrogens is 4. The van der Waals surface area contributed by atoms with Crippen molar-refractivity contribution in [2.45, 2.75) is 18.8 Å². The van der Waals surface area contributed by atoms with Gasteiger partial charge in [-0.25, -0.2) is 19.7 Å². The first kappa shape index (κ1) is 14.7. The van der Waals surface area contributed by atoms with E-state index in [1.807, 2.05) is 6.20 Å². The van der Waals surface area contributed by atoms with Crippen molar-refractivity contribution in [3.05, 3.63) is 52.0 Å². The molecule has 0 unspecified atom stereocenters. The van der Waals surface area contributed by atoms with Crippen molar-refractivity contribution in [2.75, 3.05) is 0 Å². The lowest BCUT2D eigenvalue weighted by Crippen LogP contribution is -2.04. The molecule has 0 saturated heterocycles. The number of carbonyl (C=O) groups excluding carboxylic acids is 1. The van der Waals surface area contributed by atoms with Crippen LogP contribution in [0.2, 0.25) is 5.15 Å². The summed E-state index contributed by atoms with van der Waals surface area (Å²) in [5, 5.41) is 3.33. The van der Waals surface area contributed by atoms with Gasteiger partial charge in [0.1, 0.15) is 17.3 Å². The lowest BCUT2D eigenvalue weighted by molar-refractivity contribution is 0.0508. The fourth-order valence-corrected chi connectivity index (χ4v) is 2.93. The second-order valence-corrected chi connectivity index (χ2v) is 5.81. The van der Waals surface area contributed by atoms with Crippen LogP contribution in [0.1, 0.15) is 34.7 Å². The Hall–Kier alpha value is -2.87. The van der Waals surface area contributed by atoms with Gasteiger partial charge in [-0.2, -0.15) is 0 Å². The van der Waals surface area contributed by atoms with Gasteiger partial charge < -0.3 is 0 Å². The van der Waals surface area contributed by atoms with Gasteiger partial charge in [0.15, 0.2) is 11.0 Å². The number of rotatable bonds is 4. The molecule has 0 aromatic carbocycles. The Labute approximate surface area is 140 Å². The van der Waals surface area contributed by atoms with Crippen LogP contribution in [0.3, 0.4) is 0 Å². The summed E-state index contributed by atoms with van der Waals surface area (Å²) in [4.78, 5) is 38.5. The third-order valence-electron chi connectivity index (χ3n) is 3.93. The summed E-state index contributed by atoms with van der Waals surface area (Å²) in [6.45, 7) is 0. The standard InChI is InChI=1S/C15H10ClN5O3/c16-13-12-10(8-1-2-8)6-21(14(12)19-7-18-13)11-5-9(3-4-17-11)15(22)24-20-23/h3-8H,1-2H2. The highest BCUT2D eigenvalue weighted by atomic mass is 35.5. The first-order valence-electron chi connectivity index (χ1n) is 7.21. The van der Waals surface area contributed by atoms with E-state index in [9.17, 15) is 9.70 Å². The molecule has 0 radical (unpaired) electrons. The van der Waals surface area contributed by atoms with E-state index < -0.39 is 5.97 Å². The molecule has 0 spiro atoms. The van der Waals surface area contributed by atoms with Crippen molar-refractivity contribution in [2.24, 2.45) is 5.34 Å². The van der Waals surface area contributed by atoms with Gasteiger partial charge in [0.2, 0.25) is 0 Å². The van der Waals surface area contributed by atoms with Crippen LogP contribution in [0.4, 0.5) is 0 Å². The van der Waals surface area contributed by atoms with E-state index in [-0.39, 0.29) is 5.56 Å². The Kier molecular flexibility index (Phi) is 3.46. The minimum absolute atomic E-state index is 0.162. The van der Waals surface area contributed by atoms with Gasteiger partial charge in [0.25, 0.3) is 0 Å². The van der Waals surface area contributed by atoms with Crippen LogP contribution in [0.15, 0.2) is 36.2 Å². The zero-order valence-electron chi connectivity index (χ0n) is 12.2. The Bertz CT molecular complexity index is 967. The number of halogens is 1. The summed E-state index contributed by atoms with van der Waals surface area (Å²) in [5.74, 6) is 0.0480. The molecule has 3 heterocycles. The molecule has 1 aliphatic carbocycles. The number of carbonyl (C=O) groups is 1. The Morgan fingerprint density at radius 1 is 1.33 bits per heavy atom. The second kappa shape index (κ2) is 5.64. The van der Waals surface area contributed by atoms with Gasteiger partial charge in [-0.1, -0.05) is 11.6 Å². The third-order valence-corrected chi connectivity index (χ3v) is 4.22. The SMILES string of the molecule is O=NOC(=O)c1ccnc(-n2cc(C3CC3)c3c(Cl)ncnc32)c1. The van der Waals surface area contributed by atoms with Gasteiger partial charge in [0.05, 0.1) is 10.9 Å². The van der Waals surface area contributed by atoms with Crippen molar-refractivity contribution in [3.63, 3.8) is 0 Å². The number of hydrogen-bond acceptors (Lipinski definition) is 7. The molecule has 4 rings (SSSR count). The molecular weight excluding hydrogens is 334 g/mol. The largest absolute Gasteiger partial charge is 0.369 e. The summed E-state index contributed by atoms with van der Waals surface area (Å²) in [6.07, 6.45) is 6.93. The molecule has 0 N–H and O–H groups in total. The van der Waals surface area contributed by atoms with Crippen LogP contribution in [-0.2, 0) is 4.84 Å². The average Bonchev–Trinajstić information content (AvgIpc) is 3.36. The van der Waals surface area contributed by atoms with Crippen molar-refractivity contribution in [1.29, 1.82) is 0 Å². The van der Waals surface area contributed by atoms with E-state index in [1.54, 1.807) is 4.57 Å². The van der Waals surface area contributed by atoms with Crippen LogP contribution < -0.4 is 0 Å². The fraction of sp³-hybridized carbons (Fsp3) is 0.200. The minimum atomic E-state index is -0.847. The molecule has 0 atom stereocenters. The van der Waals surface area contributed by atoms with E-state index in [1.165, 1.54) is 24.7 Å². The molecule has 0 bridgehead atoms. The Morgan fingerprint density at radius 3 is 2.92 bits per heavy atom. The van der Waals surface area contributed by atoms with Crippen molar-refractivity contribution in [3.8, 4) is 5.82 Å². The van der Waals surface area contributed by atoms with E-state index >= 15 is 0 Å². The average molecular weight is 344 g/mol. The van der Waals surface area contributed by atoms with E-state index in [2.05, 4.69) is 25.1 Å². The summed E-state index contributed by atoms with van der Waals surface area (Å²) in [5.41, 5.74) is 1.85. The van der Waals surface area contributed by atoms with Crippen LogP contribution in [0.5, 0.6) is 0 Å². The molecule has 8 nitrogen and oxygen atoms in total. The second-order valence-electron chi connectivity index (χ2n) is 5.45. The quantitative estimate of drug-likeness (QED) is 0.410. The number of pyridine rings is 1. The molecule has 1 fully saturated rings. The highest BCUT2D eigenvalue weighted by Gasteiger charge is 2.29. The molecule has 3 aromatic rings. The minimum Gasteiger partial charge on any atom is -0.285 e. The van der Waals surface area contributed by atoms with E-state index in [0.717, 1.165) is 23.8 Å². The molecule has 24 heavy (non-hydrogen) atoms. The molecular formula is C15H10ClN5O3. The predicted molar refractivity (Wildman–Crippen MR) is 84.9 cm³/mol. The lowest BCUT2D eigenvalue weighted by Gasteiger charge is -2.04. The molecule has 1 saturated carbocycles. The topological polar surface area (TPSA) is 99.3 Å². The molecule has 1 aliphatic rings. The highest BCUT2D eigenvalue weighted by Crippen LogP contribution is 2.45. The van der Waals surface area contributed by atoms with Gasteiger partial charge in [-0.05, 0) is 36.5 Å². The lowest BCUT2D eigenvalue weighted by atomic mass is 10.2. The van der Waals surface area contributed by atoms with Gasteiger partial charge >= 0.3 is 5.97 Å². The molecule has 3 aromatic heterocycles. The maximum absolute atomic E-state index is 11.7. The maximum atomic E-state index is 11.7. The number of fused-ring (bicyclic) bond motifs is 1. The van der Waals surface area contributed by atoms with Gasteiger partial charge in [-0.3, -0.25) is 9.40 Å². The first-order chi connectivity index (χ1) is 11.7. The van der Waals surface area contributed by atoms with E-state index in [4.69, 9.17) is 11.6 Å². The third kappa shape index (κ3) is 2.41. The smallest absolute Gasteiger partial charge is 0.285 e. The van der Waals surface area contributed by atoms with Crippen LogP contribution >= 0.6 is 11.6 Å². The molecule has 0 aliphatic heterocycles. The predicted octanol–water partition coefficient (Wildman–Crippen LogP) is 3.18. The number of hydrogen-bond donors (Lipinski definition) is 0. The highest BCUT2D eigenvalue weighted by molar-refractivity contribution is 6.34. The maximum Gasteiger partial charge on any atom is 0.369 e. The van der Waals surface area contributed by atoms with Crippen LogP contribution in [0.25, 0.3) is 16.9 Å². The van der Waals surface area contributed by atoms with Crippen molar-refractivity contribution >= 4 is 28.6 Å². The summed E-state index contributed by atoms with van der Waals surface area (Å²) in [7, 11) is 0. The number of nitrogens with zero attached hydrogens (tertiary/aromatic N) is 5. The summed E-state index contributed by atoms with van der Waals surface area (Å²) < 4.78 is 1.75. The first-order valence-corrected chi connectivity index (χ1v) is 7.58. The van der Waals surface area contributed by atoms with Crippen LogP contribution in [0, 0.1) is 4.91 Å². The van der Waals surface area contributed by atoms with Crippen LogP contribution in [-0.4, -0.2) is 25.5 Å². The summed E-state index contributed by atoms with van der Waals surface area (Å²) in [6, 6.07) is 2.94. The molecule has 0 amide bonds. The van der Waals surface area contributed by atoms with Gasteiger partial charge in [0, 0.05) is 12.4 Å². The normalized spacial score (nSPS) is 13.9. The fourth-order valence-electron chi connectivity index (χ4n) is 2.69. The Balaban J connectivity index is 1.88. The Morgan fingerprint density at radius 2 is 2.17 bits per heavy atom. The van der Waals surface area contributed by atoms with E-state index in [0.29, 0.717) is 22.5 Å². The van der Waals surface area contributed by atoms with Gasteiger partial charge in [-0.15, -0.1) is 4.91 Å². The summed E-state index contributed by atoms with van der Waals surface area (Å²) >= 11 is 6.25. The zero-order valence-corrected chi connectivity index (χ0v) is 13.0.